The van der Waals surface area contributed by atoms with Gasteiger partial charge in [0.1, 0.15) is 5.75 Å². The van der Waals surface area contributed by atoms with Crippen LogP contribution in [0.5, 0.6) is 5.75 Å². The van der Waals surface area contributed by atoms with E-state index in [2.05, 4.69) is 5.32 Å². The smallest absolute Gasteiger partial charge is 0.257 e. The third-order valence-corrected chi connectivity index (χ3v) is 5.49. The van der Waals surface area contributed by atoms with E-state index in [0.717, 1.165) is 17.5 Å². The maximum atomic E-state index is 10.4. The molecule has 2 N–H and O–H groups in total. The van der Waals surface area contributed by atoms with E-state index in [1.54, 1.807) is 24.3 Å². The van der Waals surface area contributed by atoms with Gasteiger partial charge in [0.25, 0.3) is 6.41 Å². The average molecular weight is 451 g/mol. The van der Waals surface area contributed by atoms with Crippen LogP contribution in [-0.2, 0) is 6.42 Å². The number of aliphatic hydroxyl groups excluding tert-OH is 1. The molecule has 3 aromatic rings. The van der Waals surface area contributed by atoms with Gasteiger partial charge in [0.05, 0.1) is 0 Å². The molecule has 0 heterocycles. The van der Waals surface area contributed by atoms with Crippen LogP contribution in [-0.4, -0.2) is 17.6 Å². The number of nitrogens with one attached hydrogen (secondary N) is 1. The molecule has 0 radical (unpaired) electrons. The highest BCUT2D eigenvalue weighted by Crippen LogP contribution is 2.27. The van der Waals surface area contributed by atoms with Crippen molar-refractivity contribution in [3.05, 3.63) is 99.0 Å². The Labute approximate surface area is 186 Å². The van der Waals surface area contributed by atoms with Crippen molar-refractivity contribution in [2.75, 3.05) is 0 Å². The molecule has 0 aromatic heterocycles. The van der Waals surface area contributed by atoms with Crippen LogP contribution in [0.15, 0.2) is 72.8 Å². The van der Waals surface area contributed by atoms with E-state index in [1.165, 1.54) is 0 Å². The lowest BCUT2D eigenvalue weighted by atomic mass is 9.86. The predicted molar refractivity (Wildman–Crippen MR) is 120 cm³/mol. The Kier molecular flexibility index (Phi) is 7.82. The quantitative estimate of drug-likeness (QED) is 0.395. The fourth-order valence-corrected chi connectivity index (χ4v) is 3.56. The molecule has 0 bridgehead atoms. The minimum absolute atomic E-state index is 0.0805. The van der Waals surface area contributed by atoms with Crippen LogP contribution in [0.4, 0.5) is 0 Å². The summed E-state index contributed by atoms with van der Waals surface area (Å²) in [5, 5.41) is 15.5. The van der Waals surface area contributed by atoms with Gasteiger partial charge in [-0.05, 0) is 73.0 Å². The van der Waals surface area contributed by atoms with Crippen LogP contribution >= 0.6 is 34.8 Å². The van der Waals surface area contributed by atoms with Crippen molar-refractivity contribution in [3.63, 3.8) is 0 Å². The van der Waals surface area contributed by atoms with Crippen molar-refractivity contribution in [3.8, 4) is 5.75 Å². The molecular formula is C23H22Cl3NO2. The Hall–Kier alpha value is -1.75. The maximum absolute atomic E-state index is 10.4. The zero-order valence-corrected chi connectivity index (χ0v) is 18.1. The summed E-state index contributed by atoms with van der Waals surface area (Å²) in [5.41, 5.74) is 2.26. The number of aliphatic hydroxyl groups is 1. The highest BCUT2D eigenvalue weighted by atomic mass is 35.5. The number of rotatable bonds is 8. The van der Waals surface area contributed by atoms with Crippen LogP contribution in [0.25, 0.3) is 0 Å². The summed E-state index contributed by atoms with van der Waals surface area (Å²) in [6.07, 6.45) is -0.396. The Morgan fingerprint density at radius 2 is 1.28 bits per heavy atom. The van der Waals surface area contributed by atoms with Gasteiger partial charge < -0.3 is 9.84 Å². The van der Waals surface area contributed by atoms with Crippen molar-refractivity contribution in [1.82, 2.24) is 5.32 Å². The number of benzene rings is 3. The van der Waals surface area contributed by atoms with Crippen molar-refractivity contribution in [2.45, 2.75) is 31.7 Å². The molecule has 29 heavy (non-hydrogen) atoms. The largest absolute Gasteiger partial charge is 0.451 e. The molecule has 3 aromatic carbocycles. The molecule has 3 rings (SSSR count). The van der Waals surface area contributed by atoms with Crippen molar-refractivity contribution < 1.29 is 9.84 Å². The number of halogens is 3. The van der Waals surface area contributed by atoms with E-state index in [9.17, 15) is 5.11 Å². The molecule has 0 saturated carbocycles. The van der Waals surface area contributed by atoms with Crippen LogP contribution in [0.2, 0.25) is 15.1 Å². The fourth-order valence-electron chi connectivity index (χ4n) is 3.18. The summed E-state index contributed by atoms with van der Waals surface area (Å²) in [5.74, 6) is 0.610. The highest BCUT2D eigenvalue weighted by molar-refractivity contribution is 6.31. The second-order valence-corrected chi connectivity index (χ2v) is 8.18. The Bertz CT molecular complexity index is 899. The molecule has 3 unspecified atom stereocenters. The summed E-state index contributed by atoms with van der Waals surface area (Å²) >= 11 is 18.0. The van der Waals surface area contributed by atoms with E-state index >= 15 is 0 Å². The molecule has 0 amide bonds. The third-order valence-electron chi connectivity index (χ3n) is 4.74. The van der Waals surface area contributed by atoms with Gasteiger partial charge in [-0.1, -0.05) is 59.1 Å². The summed E-state index contributed by atoms with van der Waals surface area (Å²) in [6, 6.07) is 22.3. The predicted octanol–water partition coefficient (Wildman–Crippen LogP) is 6.31. The third kappa shape index (κ3) is 6.63. The lowest BCUT2D eigenvalue weighted by Gasteiger charge is -2.28. The van der Waals surface area contributed by atoms with Gasteiger partial charge in [0, 0.05) is 27.0 Å². The highest BCUT2D eigenvalue weighted by Gasteiger charge is 2.22. The molecule has 0 aliphatic rings. The summed E-state index contributed by atoms with van der Waals surface area (Å²) < 4.78 is 5.56. The molecule has 0 aliphatic heterocycles. The summed E-state index contributed by atoms with van der Waals surface area (Å²) in [7, 11) is 0. The molecule has 3 nitrogen and oxygen atoms in total. The Morgan fingerprint density at radius 3 is 1.83 bits per heavy atom. The van der Waals surface area contributed by atoms with E-state index in [0.29, 0.717) is 20.8 Å². The van der Waals surface area contributed by atoms with Crippen LogP contribution in [0, 0.1) is 0 Å². The second-order valence-electron chi connectivity index (χ2n) is 6.87. The molecular weight excluding hydrogens is 429 g/mol. The van der Waals surface area contributed by atoms with Crippen LogP contribution in [0.3, 0.4) is 0 Å². The van der Waals surface area contributed by atoms with Gasteiger partial charge in [-0.3, -0.25) is 5.32 Å². The minimum Gasteiger partial charge on any atom is -0.451 e. The van der Waals surface area contributed by atoms with Gasteiger partial charge in [-0.25, -0.2) is 0 Å². The first kappa shape index (κ1) is 21.9. The second kappa shape index (κ2) is 10.3. The average Bonchev–Trinajstić information content (AvgIpc) is 2.70. The van der Waals surface area contributed by atoms with Gasteiger partial charge in [0.15, 0.2) is 0 Å². The zero-order chi connectivity index (χ0) is 20.8. The lowest BCUT2D eigenvalue weighted by Crippen LogP contribution is -2.43. The summed E-state index contributed by atoms with van der Waals surface area (Å²) in [6.45, 7) is 2.02. The van der Waals surface area contributed by atoms with E-state index < -0.39 is 6.41 Å². The monoisotopic (exact) mass is 449 g/mol. The van der Waals surface area contributed by atoms with Crippen molar-refractivity contribution in [2.24, 2.45) is 0 Å². The van der Waals surface area contributed by atoms with Gasteiger partial charge in [0.2, 0.25) is 0 Å². The topological polar surface area (TPSA) is 41.5 Å². The Balaban J connectivity index is 1.73. The molecule has 152 valence electrons. The number of ether oxygens (including phenoxy) is 1. The number of hydrogen-bond acceptors (Lipinski definition) is 3. The SMILES string of the molecule is CC(NC(O)Oc1ccc(Cl)cc1)C(Cc1ccc(Cl)cc1)c1ccc(Cl)cc1. The molecule has 3 atom stereocenters. The molecule has 0 saturated heterocycles. The standard InChI is InChI=1S/C23H22Cl3NO2/c1-15(27-23(28)29-21-12-10-20(26)11-13-21)22(17-4-8-19(25)9-5-17)14-16-2-6-18(24)7-3-16/h2-13,15,22-23,27-28H,14H2,1H3. The van der Waals surface area contributed by atoms with Gasteiger partial charge in [-0.15, -0.1) is 0 Å². The van der Waals surface area contributed by atoms with E-state index in [1.807, 2.05) is 55.5 Å². The van der Waals surface area contributed by atoms with Gasteiger partial charge >= 0.3 is 0 Å². The first-order chi connectivity index (χ1) is 13.9. The van der Waals surface area contributed by atoms with Gasteiger partial charge in [-0.2, -0.15) is 0 Å². The molecule has 0 spiro atoms. The molecule has 0 fully saturated rings. The lowest BCUT2D eigenvalue weighted by molar-refractivity contribution is -0.0527. The van der Waals surface area contributed by atoms with Crippen LogP contribution in [0.1, 0.15) is 24.0 Å². The minimum atomic E-state index is -1.16. The molecule has 6 heteroatoms. The fraction of sp³-hybridized carbons (Fsp3) is 0.217. The van der Waals surface area contributed by atoms with Crippen molar-refractivity contribution in [1.29, 1.82) is 0 Å². The zero-order valence-electron chi connectivity index (χ0n) is 15.9. The van der Waals surface area contributed by atoms with E-state index in [-0.39, 0.29) is 12.0 Å². The maximum Gasteiger partial charge on any atom is 0.257 e. The molecule has 0 aliphatic carbocycles. The Morgan fingerprint density at radius 1 is 0.793 bits per heavy atom. The van der Waals surface area contributed by atoms with Crippen LogP contribution < -0.4 is 10.1 Å². The van der Waals surface area contributed by atoms with Crippen molar-refractivity contribution >= 4 is 34.8 Å². The first-order valence-corrected chi connectivity index (χ1v) is 10.4. The number of hydrogen-bond donors (Lipinski definition) is 2. The normalized spacial score (nSPS) is 14.2. The van der Waals surface area contributed by atoms with E-state index in [4.69, 9.17) is 39.5 Å². The summed E-state index contributed by atoms with van der Waals surface area (Å²) in [4.78, 5) is 0. The first-order valence-electron chi connectivity index (χ1n) is 9.27.